The Hall–Kier alpha value is -4.20. The molecule has 1 atom stereocenters. The predicted molar refractivity (Wildman–Crippen MR) is 154 cm³/mol. The second-order valence-electron chi connectivity index (χ2n) is 10.0. The van der Waals surface area contributed by atoms with Gasteiger partial charge in [0.2, 0.25) is 23.6 Å². The van der Waals surface area contributed by atoms with Crippen molar-refractivity contribution in [2.75, 3.05) is 39.6 Å². The van der Waals surface area contributed by atoms with E-state index in [-0.39, 0.29) is 26.3 Å². The average Bonchev–Trinajstić information content (AvgIpc) is 3.79. The van der Waals surface area contributed by atoms with E-state index in [0.717, 1.165) is 24.8 Å². The first-order chi connectivity index (χ1) is 20.7. The number of ether oxygens (including phenoxy) is 3. The largest absolute Gasteiger partial charge is 0.464 e. The van der Waals surface area contributed by atoms with Gasteiger partial charge in [0.25, 0.3) is 0 Å². The molecule has 0 radical (unpaired) electrons. The number of amides is 5. The quantitative estimate of drug-likeness (QED) is 0.0797. The summed E-state index contributed by atoms with van der Waals surface area (Å²) in [7, 11) is 0. The summed E-state index contributed by atoms with van der Waals surface area (Å²) in [5.41, 5.74) is -0.269. The first-order valence-electron chi connectivity index (χ1n) is 14.5. The molecule has 1 fully saturated rings. The van der Waals surface area contributed by atoms with E-state index >= 15 is 0 Å². The molecule has 0 saturated heterocycles. The lowest BCUT2D eigenvalue weighted by molar-refractivity contribution is -0.162. The third-order valence-electron chi connectivity index (χ3n) is 6.35. The molecule has 0 unspecified atom stereocenters. The van der Waals surface area contributed by atoms with Crippen molar-refractivity contribution in [3.05, 3.63) is 35.9 Å². The highest BCUT2D eigenvalue weighted by Crippen LogP contribution is 2.40. The lowest BCUT2D eigenvalue weighted by Gasteiger charge is -2.19. The van der Waals surface area contributed by atoms with Crippen molar-refractivity contribution in [3.8, 4) is 0 Å². The smallest absolute Gasteiger partial charge is 0.407 e. The first-order valence-corrected chi connectivity index (χ1v) is 14.5. The van der Waals surface area contributed by atoms with Gasteiger partial charge in [-0.15, -0.1) is 0 Å². The van der Waals surface area contributed by atoms with E-state index in [1.54, 1.807) is 24.3 Å². The van der Waals surface area contributed by atoms with Crippen LogP contribution in [0.1, 0.15) is 57.9 Å². The molecule has 43 heavy (non-hydrogen) atoms. The molecule has 2 rings (SSSR count). The molecule has 1 saturated carbocycles. The van der Waals surface area contributed by atoms with Gasteiger partial charge in [-0.2, -0.15) is 0 Å². The molecule has 1 aliphatic rings. The Labute approximate surface area is 251 Å². The molecule has 0 aromatic heterocycles. The van der Waals surface area contributed by atoms with Gasteiger partial charge in [-0.05, 0) is 31.2 Å². The van der Waals surface area contributed by atoms with Crippen LogP contribution in [0.5, 0.6) is 0 Å². The van der Waals surface area contributed by atoms with Crippen LogP contribution in [0.2, 0.25) is 0 Å². The number of nitrogens with one attached hydrogen (secondary N) is 5. The van der Waals surface area contributed by atoms with Gasteiger partial charge < -0.3 is 40.8 Å². The number of hydrogen-bond donors (Lipinski definition) is 5. The molecule has 0 bridgehead atoms. The Morgan fingerprint density at radius 3 is 2.02 bits per heavy atom. The Bertz CT molecular complexity index is 1080. The molecule has 0 spiro atoms. The van der Waals surface area contributed by atoms with Crippen LogP contribution in [0, 0.1) is 0 Å². The number of carbonyl (C=O) groups excluding carboxylic acids is 6. The van der Waals surface area contributed by atoms with Crippen molar-refractivity contribution < 1.29 is 43.0 Å². The van der Waals surface area contributed by atoms with E-state index in [1.807, 2.05) is 19.9 Å². The summed E-state index contributed by atoms with van der Waals surface area (Å²) >= 11 is 0. The average molecular weight is 606 g/mol. The zero-order chi connectivity index (χ0) is 31.5. The number of benzene rings is 1. The minimum Gasteiger partial charge on any atom is -0.464 e. The Kier molecular flexibility index (Phi) is 15.5. The molecule has 0 aliphatic heterocycles. The summed E-state index contributed by atoms with van der Waals surface area (Å²) in [5, 5.41) is 12.2. The number of carbonyl (C=O) groups is 6. The van der Waals surface area contributed by atoms with Crippen LogP contribution >= 0.6 is 0 Å². The molecule has 14 heteroatoms. The van der Waals surface area contributed by atoms with Gasteiger partial charge in [-0.25, -0.2) is 9.59 Å². The second-order valence-corrected chi connectivity index (χ2v) is 10.0. The summed E-state index contributed by atoms with van der Waals surface area (Å²) in [6.45, 7) is 3.04. The third kappa shape index (κ3) is 14.0. The minimum absolute atomic E-state index is 0.130. The van der Waals surface area contributed by atoms with Gasteiger partial charge in [0, 0.05) is 6.42 Å². The number of alkyl carbamates (subject to hydrolysis) is 1. The topological polar surface area (TPSA) is 190 Å². The summed E-state index contributed by atoms with van der Waals surface area (Å²) in [6.07, 6.45) is 3.62. The molecule has 5 N–H and O–H groups in total. The lowest BCUT2D eigenvalue weighted by Crippen LogP contribution is -2.52. The van der Waals surface area contributed by atoms with Gasteiger partial charge in [-0.3, -0.25) is 19.2 Å². The molecular weight excluding hydrogens is 562 g/mol. The summed E-state index contributed by atoms with van der Waals surface area (Å²) in [4.78, 5) is 73.5. The first kappa shape index (κ1) is 35.0. The molecule has 14 nitrogen and oxygen atoms in total. The standard InChI is InChI=1S/C29H43N5O9/c1-3-5-14-41-27(39)29(12-13-29)43-20-33-24(36)17-31-26(38)22(16-21-10-8-7-9-11-21)34-25(37)19-30-23(35)18-32-28(40)42-15-6-4-2/h7-11,22H,3-6,12-20H2,1-2H3,(H,30,35)(H,31,38)(H,32,40)(H,33,36)(H,34,37)/t22-/m0/s1. The molecule has 1 aromatic carbocycles. The predicted octanol–water partition coefficient (Wildman–Crippen LogP) is 0.439. The summed E-state index contributed by atoms with van der Waals surface area (Å²) in [5.74, 6) is -2.88. The fourth-order valence-corrected chi connectivity index (χ4v) is 3.63. The fourth-order valence-electron chi connectivity index (χ4n) is 3.63. The van der Waals surface area contributed by atoms with Crippen molar-refractivity contribution in [1.29, 1.82) is 0 Å². The normalized spacial score (nSPS) is 13.5. The molecule has 1 aromatic rings. The number of hydrogen-bond acceptors (Lipinski definition) is 9. The number of esters is 1. The van der Waals surface area contributed by atoms with Crippen LogP contribution in [0.15, 0.2) is 30.3 Å². The van der Waals surface area contributed by atoms with Gasteiger partial charge in [0.1, 0.15) is 19.3 Å². The van der Waals surface area contributed by atoms with Crippen LogP contribution < -0.4 is 26.6 Å². The van der Waals surface area contributed by atoms with E-state index in [2.05, 4.69) is 26.6 Å². The maximum Gasteiger partial charge on any atom is 0.407 e. The van der Waals surface area contributed by atoms with Crippen molar-refractivity contribution in [3.63, 3.8) is 0 Å². The zero-order valence-electron chi connectivity index (χ0n) is 24.8. The van der Waals surface area contributed by atoms with E-state index in [0.29, 0.717) is 25.9 Å². The van der Waals surface area contributed by atoms with Crippen LogP contribution in [-0.2, 0) is 44.6 Å². The van der Waals surface area contributed by atoms with Crippen molar-refractivity contribution >= 4 is 35.7 Å². The Morgan fingerprint density at radius 1 is 0.767 bits per heavy atom. The van der Waals surface area contributed by atoms with E-state index < -0.39 is 60.4 Å². The molecule has 0 heterocycles. The molecule has 238 valence electrons. The van der Waals surface area contributed by atoms with Gasteiger partial charge in [-0.1, -0.05) is 57.0 Å². The zero-order valence-corrected chi connectivity index (χ0v) is 24.8. The SMILES string of the molecule is CCCCOC(=O)NCC(=O)NCC(=O)N[C@@H](Cc1ccccc1)C(=O)NCC(=O)NCOC1(C(=O)OCCCC)CC1. The highest BCUT2D eigenvalue weighted by atomic mass is 16.6. The lowest BCUT2D eigenvalue weighted by atomic mass is 10.1. The second kappa shape index (κ2) is 19.1. The van der Waals surface area contributed by atoms with Crippen molar-refractivity contribution in [2.24, 2.45) is 0 Å². The Balaban J connectivity index is 1.78. The van der Waals surface area contributed by atoms with E-state index in [4.69, 9.17) is 14.2 Å². The number of rotatable bonds is 20. The highest BCUT2D eigenvalue weighted by Gasteiger charge is 2.53. The molecule has 1 aliphatic carbocycles. The summed E-state index contributed by atoms with van der Waals surface area (Å²) < 4.78 is 15.6. The van der Waals surface area contributed by atoms with Crippen molar-refractivity contribution in [1.82, 2.24) is 26.6 Å². The van der Waals surface area contributed by atoms with Crippen LogP contribution in [0.25, 0.3) is 0 Å². The van der Waals surface area contributed by atoms with Gasteiger partial charge in [0.05, 0.1) is 26.3 Å². The monoisotopic (exact) mass is 605 g/mol. The summed E-state index contributed by atoms with van der Waals surface area (Å²) in [6, 6.07) is 7.90. The number of unbranched alkanes of at least 4 members (excludes halogenated alkanes) is 2. The maximum atomic E-state index is 12.9. The van der Waals surface area contributed by atoms with E-state index in [9.17, 15) is 28.8 Å². The van der Waals surface area contributed by atoms with Crippen LogP contribution in [0.3, 0.4) is 0 Å². The minimum atomic E-state index is -1.05. The molecular formula is C29H43N5O9. The third-order valence-corrected chi connectivity index (χ3v) is 6.35. The van der Waals surface area contributed by atoms with Gasteiger partial charge in [0.15, 0.2) is 5.60 Å². The van der Waals surface area contributed by atoms with Crippen LogP contribution in [0.4, 0.5) is 4.79 Å². The Morgan fingerprint density at radius 2 is 1.37 bits per heavy atom. The van der Waals surface area contributed by atoms with Crippen molar-refractivity contribution in [2.45, 2.75) is 70.4 Å². The maximum absolute atomic E-state index is 12.9. The van der Waals surface area contributed by atoms with Gasteiger partial charge >= 0.3 is 12.1 Å². The highest BCUT2D eigenvalue weighted by molar-refractivity contribution is 5.92. The van der Waals surface area contributed by atoms with E-state index in [1.165, 1.54) is 0 Å². The molecule has 5 amide bonds. The van der Waals surface area contributed by atoms with Crippen LogP contribution in [-0.4, -0.2) is 86.9 Å². The fraction of sp³-hybridized carbons (Fsp3) is 0.586.